The second kappa shape index (κ2) is 9.82. The molecule has 3 rings (SSSR count). The molecule has 2 aromatic rings. The molecule has 1 saturated heterocycles. The van der Waals surface area contributed by atoms with E-state index in [0.29, 0.717) is 24.5 Å². The number of likely N-dealkylation sites (tertiary alicyclic amines) is 1. The zero-order chi connectivity index (χ0) is 23.4. The van der Waals surface area contributed by atoms with Crippen LogP contribution in [0.3, 0.4) is 0 Å². The highest BCUT2D eigenvalue weighted by molar-refractivity contribution is 6.46. The van der Waals surface area contributed by atoms with Crippen LogP contribution >= 0.6 is 0 Å². The Hall–Kier alpha value is -3.39. The van der Waals surface area contributed by atoms with Crippen LogP contribution < -0.4 is 9.47 Å². The van der Waals surface area contributed by atoms with Gasteiger partial charge in [0.2, 0.25) is 0 Å². The first kappa shape index (κ1) is 23.3. The number of aliphatic hydroxyl groups excluding tert-OH is 1. The summed E-state index contributed by atoms with van der Waals surface area (Å²) < 4.78 is 24.7. The third-order valence-electron chi connectivity index (χ3n) is 5.25. The maximum absolute atomic E-state index is 14.0. The number of halogens is 1. The molecule has 1 atom stereocenters. The van der Waals surface area contributed by atoms with Crippen molar-refractivity contribution < 1.29 is 28.6 Å². The molecule has 8 heteroatoms. The average Bonchev–Trinajstić information content (AvgIpc) is 3.02. The number of nitrogens with zero attached hydrogens (tertiary/aromatic N) is 2. The van der Waals surface area contributed by atoms with Gasteiger partial charge in [0.05, 0.1) is 30.9 Å². The smallest absolute Gasteiger partial charge is 0.295 e. The normalized spacial score (nSPS) is 17.8. The van der Waals surface area contributed by atoms with Crippen LogP contribution in [-0.4, -0.2) is 67.5 Å². The zero-order valence-corrected chi connectivity index (χ0v) is 18.6. The summed E-state index contributed by atoms with van der Waals surface area (Å²) in [5.41, 5.74) is 0.527. The zero-order valence-electron chi connectivity index (χ0n) is 18.6. The van der Waals surface area contributed by atoms with Gasteiger partial charge in [-0.25, -0.2) is 4.39 Å². The molecule has 1 aliphatic heterocycles. The molecule has 0 aromatic heterocycles. The summed E-state index contributed by atoms with van der Waals surface area (Å²) in [7, 11) is 5.10. The Kier molecular flexibility index (Phi) is 7.15. The van der Waals surface area contributed by atoms with Gasteiger partial charge < -0.3 is 24.4 Å². The van der Waals surface area contributed by atoms with E-state index in [1.807, 2.05) is 25.9 Å². The second-order valence-corrected chi connectivity index (χ2v) is 7.64. The van der Waals surface area contributed by atoms with E-state index in [9.17, 15) is 19.1 Å². The summed E-state index contributed by atoms with van der Waals surface area (Å²) >= 11 is 0. The Labute approximate surface area is 186 Å². The molecule has 1 unspecified atom stereocenters. The fraction of sp³-hybridized carbons (Fsp3) is 0.333. The lowest BCUT2D eigenvalue weighted by atomic mass is 9.95. The summed E-state index contributed by atoms with van der Waals surface area (Å²) in [5, 5.41) is 11.1. The Bertz CT molecular complexity index is 1030. The number of ether oxygens (including phenoxy) is 2. The Morgan fingerprint density at radius 2 is 1.84 bits per heavy atom. The number of hydrogen-bond acceptors (Lipinski definition) is 6. The topological polar surface area (TPSA) is 79.3 Å². The molecular formula is C24H27FN2O5. The minimum Gasteiger partial charge on any atom is -0.507 e. The van der Waals surface area contributed by atoms with Crippen LogP contribution in [0.2, 0.25) is 0 Å². The molecule has 0 bridgehead atoms. The number of aliphatic hydroxyl groups is 1. The largest absolute Gasteiger partial charge is 0.507 e. The summed E-state index contributed by atoms with van der Waals surface area (Å²) in [4.78, 5) is 29.3. The second-order valence-electron chi connectivity index (χ2n) is 7.64. The number of Topliss-reactive ketones (excluding diaryl/α,β-unsaturated/α-hetero) is 1. The maximum Gasteiger partial charge on any atom is 0.295 e. The van der Waals surface area contributed by atoms with E-state index >= 15 is 0 Å². The molecule has 7 nitrogen and oxygen atoms in total. The molecule has 0 aliphatic carbocycles. The van der Waals surface area contributed by atoms with Crippen LogP contribution in [0.5, 0.6) is 11.5 Å². The Balaban J connectivity index is 2.17. The van der Waals surface area contributed by atoms with E-state index < -0.39 is 29.3 Å². The quantitative estimate of drug-likeness (QED) is 0.384. The monoisotopic (exact) mass is 442 g/mol. The fourth-order valence-electron chi connectivity index (χ4n) is 3.69. The van der Waals surface area contributed by atoms with Crippen molar-refractivity contribution in [3.05, 3.63) is 65.0 Å². The van der Waals surface area contributed by atoms with Crippen LogP contribution in [0.15, 0.2) is 48.0 Å². The lowest BCUT2D eigenvalue weighted by Gasteiger charge is -2.26. The van der Waals surface area contributed by atoms with Crippen LogP contribution in [-0.2, 0) is 9.59 Å². The summed E-state index contributed by atoms with van der Waals surface area (Å²) in [6.07, 6.45) is 0. The molecular weight excluding hydrogens is 415 g/mol. The Morgan fingerprint density at radius 3 is 2.44 bits per heavy atom. The number of rotatable bonds is 8. The minimum atomic E-state index is -0.835. The van der Waals surface area contributed by atoms with Crippen LogP contribution in [0.1, 0.15) is 24.1 Å². The highest BCUT2D eigenvalue weighted by Gasteiger charge is 2.46. The van der Waals surface area contributed by atoms with E-state index in [1.54, 1.807) is 24.3 Å². The molecule has 1 heterocycles. The van der Waals surface area contributed by atoms with Gasteiger partial charge >= 0.3 is 0 Å². The van der Waals surface area contributed by atoms with E-state index in [1.165, 1.54) is 24.1 Å². The van der Waals surface area contributed by atoms with Crippen molar-refractivity contribution in [3.8, 4) is 11.5 Å². The van der Waals surface area contributed by atoms with Gasteiger partial charge in [-0.3, -0.25) is 9.59 Å². The Morgan fingerprint density at radius 1 is 1.16 bits per heavy atom. The predicted molar refractivity (Wildman–Crippen MR) is 118 cm³/mol. The molecule has 170 valence electrons. The summed E-state index contributed by atoms with van der Waals surface area (Å²) in [6, 6.07) is 9.78. The number of likely N-dealkylation sites (N-methyl/N-ethyl adjacent to an activating group) is 1. The number of amides is 1. The van der Waals surface area contributed by atoms with Gasteiger partial charge in [0.15, 0.2) is 0 Å². The highest BCUT2D eigenvalue weighted by Crippen LogP contribution is 2.41. The van der Waals surface area contributed by atoms with Crippen molar-refractivity contribution in [1.29, 1.82) is 0 Å². The van der Waals surface area contributed by atoms with Crippen molar-refractivity contribution in [3.63, 3.8) is 0 Å². The molecule has 1 fully saturated rings. The molecule has 1 aliphatic rings. The molecule has 1 amide bonds. The van der Waals surface area contributed by atoms with Crippen molar-refractivity contribution in [2.45, 2.75) is 13.0 Å². The van der Waals surface area contributed by atoms with Gasteiger partial charge in [0, 0.05) is 13.1 Å². The number of carbonyl (C=O) groups is 2. The van der Waals surface area contributed by atoms with Crippen molar-refractivity contribution in [1.82, 2.24) is 9.80 Å². The van der Waals surface area contributed by atoms with Crippen molar-refractivity contribution in [2.75, 3.05) is 40.9 Å². The standard InChI is InChI=1S/C24H27FN2O5/c1-5-32-17-9-6-15(7-10-17)21-20(23(29)24(30)27(21)13-12-26(2)3)22(28)18-14-16(25)8-11-19(18)31-4/h6-11,14,21,28H,5,12-13H2,1-4H3/b22-20+. The first-order chi connectivity index (χ1) is 15.3. The number of hydrogen-bond donors (Lipinski definition) is 1. The van der Waals surface area contributed by atoms with Crippen LogP contribution in [0.25, 0.3) is 5.76 Å². The van der Waals surface area contributed by atoms with E-state index in [2.05, 4.69) is 0 Å². The first-order valence-corrected chi connectivity index (χ1v) is 10.3. The third-order valence-corrected chi connectivity index (χ3v) is 5.25. The molecule has 1 N–H and O–H groups in total. The number of carbonyl (C=O) groups excluding carboxylic acids is 2. The van der Waals surface area contributed by atoms with Gasteiger partial charge in [0.1, 0.15) is 23.1 Å². The predicted octanol–water partition coefficient (Wildman–Crippen LogP) is 3.22. The van der Waals surface area contributed by atoms with Gasteiger partial charge in [-0.05, 0) is 56.9 Å². The lowest BCUT2D eigenvalue weighted by molar-refractivity contribution is -0.140. The van der Waals surface area contributed by atoms with Crippen LogP contribution in [0, 0.1) is 5.82 Å². The molecule has 32 heavy (non-hydrogen) atoms. The number of methoxy groups -OCH3 is 1. The van der Waals surface area contributed by atoms with Gasteiger partial charge in [-0.15, -0.1) is 0 Å². The van der Waals surface area contributed by atoms with E-state index in [-0.39, 0.29) is 23.4 Å². The van der Waals surface area contributed by atoms with E-state index in [4.69, 9.17) is 9.47 Å². The summed E-state index contributed by atoms with van der Waals surface area (Å²) in [6.45, 7) is 3.16. The average molecular weight is 442 g/mol. The maximum atomic E-state index is 14.0. The highest BCUT2D eigenvalue weighted by atomic mass is 19.1. The van der Waals surface area contributed by atoms with Crippen LogP contribution in [0.4, 0.5) is 4.39 Å². The van der Waals surface area contributed by atoms with E-state index in [0.717, 1.165) is 6.07 Å². The minimum absolute atomic E-state index is 0.00838. The van der Waals surface area contributed by atoms with Crippen molar-refractivity contribution in [2.24, 2.45) is 0 Å². The van der Waals surface area contributed by atoms with Gasteiger partial charge in [-0.1, -0.05) is 12.1 Å². The molecule has 0 spiro atoms. The SMILES string of the molecule is CCOc1ccc(C2/C(=C(\O)c3cc(F)ccc3OC)C(=O)C(=O)N2CCN(C)C)cc1. The molecule has 0 saturated carbocycles. The first-order valence-electron chi connectivity index (χ1n) is 10.3. The molecule has 0 radical (unpaired) electrons. The van der Waals surface area contributed by atoms with Crippen molar-refractivity contribution >= 4 is 17.4 Å². The molecule has 2 aromatic carbocycles. The third kappa shape index (κ3) is 4.60. The van der Waals surface area contributed by atoms with Gasteiger partial charge in [0.25, 0.3) is 11.7 Å². The fourth-order valence-corrected chi connectivity index (χ4v) is 3.69. The number of ketones is 1. The van der Waals surface area contributed by atoms with Gasteiger partial charge in [-0.2, -0.15) is 0 Å². The lowest BCUT2D eigenvalue weighted by Crippen LogP contribution is -2.35. The number of benzene rings is 2. The summed E-state index contributed by atoms with van der Waals surface area (Å²) in [5.74, 6) is -1.80.